The second kappa shape index (κ2) is 3.92. The number of rotatable bonds is 1. The van der Waals surface area contributed by atoms with Crippen molar-refractivity contribution in [3.8, 4) is 11.8 Å². The first kappa shape index (κ1) is 10.0. The Balaban J connectivity index is 2.42. The van der Waals surface area contributed by atoms with E-state index in [9.17, 15) is 10.4 Å². The third-order valence-electron chi connectivity index (χ3n) is 3.09. The molecule has 1 aliphatic rings. The fourth-order valence-electron chi connectivity index (χ4n) is 2.17. The summed E-state index contributed by atoms with van der Waals surface area (Å²) in [6.45, 7) is 1.67. The highest BCUT2D eigenvalue weighted by Gasteiger charge is 2.35. The van der Waals surface area contributed by atoms with E-state index in [1.165, 1.54) is 0 Å². The summed E-state index contributed by atoms with van der Waals surface area (Å²) in [4.78, 5) is 0. The zero-order valence-electron chi connectivity index (χ0n) is 8.53. The van der Waals surface area contributed by atoms with Crippen molar-refractivity contribution in [3.05, 3.63) is 29.8 Å². The molecule has 78 valence electrons. The van der Waals surface area contributed by atoms with Crippen molar-refractivity contribution in [1.29, 1.82) is 5.26 Å². The zero-order valence-corrected chi connectivity index (χ0v) is 8.53. The van der Waals surface area contributed by atoms with E-state index >= 15 is 0 Å². The molecule has 2 rings (SSSR count). The Morgan fingerprint density at radius 2 is 1.93 bits per heavy atom. The van der Waals surface area contributed by atoms with Gasteiger partial charge < -0.3 is 10.4 Å². The maximum absolute atomic E-state index is 9.79. The van der Waals surface area contributed by atoms with Crippen molar-refractivity contribution in [3.63, 3.8) is 0 Å². The van der Waals surface area contributed by atoms with Gasteiger partial charge in [-0.2, -0.15) is 5.26 Å². The molecule has 0 bridgehead atoms. The zero-order chi connectivity index (χ0) is 10.7. The Hall–Kier alpha value is -1.53. The largest absolute Gasteiger partial charge is 0.508 e. The number of nitrogens with zero attached hydrogens (tertiary/aromatic N) is 1. The lowest BCUT2D eigenvalue weighted by atomic mass is 9.74. The van der Waals surface area contributed by atoms with E-state index in [1.54, 1.807) is 12.1 Å². The molecular weight excluding hydrogens is 188 g/mol. The third kappa shape index (κ3) is 1.69. The van der Waals surface area contributed by atoms with Crippen LogP contribution in [0.15, 0.2) is 24.3 Å². The van der Waals surface area contributed by atoms with Crippen LogP contribution in [0.4, 0.5) is 0 Å². The Labute approximate surface area is 89.4 Å². The molecule has 1 saturated heterocycles. The van der Waals surface area contributed by atoms with Crippen molar-refractivity contribution in [2.75, 3.05) is 13.1 Å². The van der Waals surface area contributed by atoms with Gasteiger partial charge in [-0.15, -0.1) is 0 Å². The predicted octanol–water partition coefficient (Wildman–Crippen LogP) is 1.54. The maximum atomic E-state index is 9.79. The van der Waals surface area contributed by atoms with Crippen molar-refractivity contribution >= 4 is 0 Å². The van der Waals surface area contributed by atoms with Crippen molar-refractivity contribution in [1.82, 2.24) is 5.32 Å². The molecule has 2 N–H and O–H groups in total. The second-order valence-corrected chi connectivity index (χ2v) is 3.96. The van der Waals surface area contributed by atoms with E-state index in [-0.39, 0.29) is 5.75 Å². The highest BCUT2D eigenvalue weighted by atomic mass is 16.3. The molecule has 0 amide bonds. The average molecular weight is 202 g/mol. The Morgan fingerprint density at radius 1 is 1.27 bits per heavy atom. The van der Waals surface area contributed by atoms with E-state index < -0.39 is 5.41 Å². The first-order chi connectivity index (χ1) is 7.28. The van der Waals surface area contributed by atoms with Gasteiger partial charge in [0.2, 0.25) is 0 Å². The number of phenols is 1. The fraction of sp³-hybridized carbons (Fsp3) is 0.417. The average Bonchev–Trinajstić information content (AvgIpc) is 2.30. The van der Waals surface area contributed by atoms with Crippen molar-refractivity contribution in [2.24, 2.45) is 0 Å². The molecular formula is C12H14N2O. The molecule has 15 heavy (non-hydrogen) atoms. The molecule has 0 saturated carbocycles. The van der Waals surface area contributed by atoms with E-state index in [1.807, 2.05) is 12.1 Å². The smallest absolute Gasteiger partial charge is 0.120 e. The quantitative estimate of drug-likeness (QED) is 0.726. The second-order valence-electron chi connectivity index (χ2n) is 3.96. The van der Waals surface area contributed by atoms with E-state index in [0.717, 1.165) is 31.5 Å². The summed E-state index contributed by atoms with van der Waals surface area (Å²) in [6.07, 6.45) is 1.53. The van der Waals surface area contributed by atoms with Crippen LogP contribution in [0, 0.1) is 11.3 Å². The summed E-state index contributed by atoms with van der Waals surface area (Å²) >= 11 is 0. The number of aromatic hydroxyl groups is 1. The summed E-state index contributed by atoms with van der Waals surface area (Å²) in [5.74, 6) is 0.237. The molecule has 0 atom stereocenters. The molecule has 0 aliphatic carbocycles. The molecule has 1 aliphatic heterocycles. The van der Waals surface area contributed by atoms with Crippen molar-refractivity contribution in [2.45, 2.75) is 18.3 Å². The summed E-state index contributed by atoms with van der Waals surface area (Å²) in [5, 5.41) is 22.3. The fourth-order valence-corrected chi connectivity index (χ4v) is 2.17. The SMILES string of the molecule is N#CC1(c2ccccc2O)CCNCC1. The van der Waals surface area contributed by atoms with Gasteiger partial charge in [0.1, 0.15) is 5.75 Å². The first-order valence-electron chi connectivity index (χ1n) is 5.19. The number of nitriles is 1. The number of hydrogen-bond acceptors (Lipinski definition) is 3. The summed E-state index contributed by atoms with van der Waals surface area (Å²) in [5.41, 5.74) is 0.269. The lowest BCUT2D eigenvalue weighted by Gasteiger charge is -2.31. The van der Waals surface area contributed by atoms with Crippen LogP contribution in [0.3, 0.4) is 0 Å². The number of hydrogen-bond donors (Lipinski definition) is 2. The molecule has 1 aromatic carbocycles. The van der Waals surface area contributed by atoms with Gasteiger partial charge in [-0.1, -0.05) is 18.2 Å². The lowest BCUT2D eigenvalue weighted by molar-refractivity contribution is 0.364. The van der Waals surface area contributed by atoms with E-state index in [2.05, 4.69) is 11.4 Å². The van der Waals surface area contributed by atoms with Crippen LogP contribution in [0.1, 0.15) is 18.4 Å². The Kier molecular flexibility index (Phi) is 2.61. The molecule has 3 nitrogen and oxygen atoms in total. The van der Waals surface area contributed by atoms with Crippen LogP contribution in [-0.2, 0) is 5.41 Å². The van der Waals surface area contributed by atoms with Crippen LogP contribution in [0.5, 0.6) is 5.75 Å². The Morgan fingerprint density at radius 3 is 2.53 bits per heavy atom. The van der Waals surface area contributed by atoms with Crippen LogP contribution in [0.2, 0.25) is 0 Å². The van der Waals surface area contributed by atoms with Crippen LogP contribution in [0.25, 0.3) is 0 Å². The van der Waals surface area contributed by atoms with Crippen molar-refractivity contribution < 1.29 is 5.11 Å². The molecule has 1 aromatic rings. The van der Waals surface area contributed by atoms with Gasteiger partial charge >= 0.3 is 0 Å². The topological polar surface area (TPSA) is 56.0 Å². The first-order valence-corrected chi connectivity index (χ1v) is 5.19. The number of nitrogens with one attached hydrogen (secondary N) is 1. The minimum Gasteiger partial charge on any atom is -0.508 e. The lowest BCUT2D eigenvalue weighted by Crippen LogP contribution is -2.38. The highest BCUT2D eigenvalue weighted by molar-refractivity contribution is 5.43. The predicted molar refractivity (Wildman–Crippen MR) is 57.5 cm³/mol. The highest BCUT2D eigenvalue weighted by Crippen LogP contribution is 2.37. The molecule has 3 heteroatoms. The minimum absolute atomic E-state index is 0.237. The van der Waals surface area contributed by atoms with Gasteiger partial charge in [-0.25, -0.2) is 0 Å². The van der Waals surface area contributed by atoms with Crippen LogP contribution < -0.4 is 5.32 Å². The number of para-hydroxylation sites is 1. The minimum atomic E-state index is -0.503. The van der Waals surface area contributed by atoms with Gasteiger partial charge in [0.15, 0.2) is 0 Å². The molecule has 1 heterocycles. The molecule has 1 fully saturated rings. The van der Waals surface area contributed by atoms with Gasteiger partial charge in [0, 0.05) is 5.56 Å². The molecule has 0 unspecified atom stereocenters. The van der Waals surface area contributed by atoms with Gasteiger partial charge in [0.25, 0.3) is 0 Å². The number of phenolic OH excluding ortho intramolecular Hbond substituents is 1. The third-order valence-corrected chi connectivity index (χ3v) is 3.09. The molecule has 0 radical (unpaired) electrons. The monoisotopic (exact) mass is 202 g/mol. The number of piperidine rings is 1. The maximum Gasteiger partial charge on any atom is 0.120 e. The normalized spacial score (nSPS) is 19.4. The van der Waals surface area contributed by atoms with Crippen LogP contribution >= 0.6 is 0 Å². The van der Waals surface area contributed by atoms with E-state index in [4.69, 9.17) is 0 Å². The summed E-state index contributed by atoms with van der Waals surface area (Å²) in [6, 6.07) is 9.53. The van der Waals surface area contributed by atoms with Gasteiger partial charge in [-0.3, -0.25) is 0 Å². The summed E-state index contributed by atoms with van der Waals surface area (Å²) in [7, 11) is 0. The molecule has 0 spiro atoms. The van der Waals surface area contributed by atoms with Gasteiger partial charge in [0.05, 0.1) is 11.5 Å². The summed E-state index contributed by atoms with van der Waals surface area (Å²) < 4.78 is 0. The van der Waals surface area contributed by atoms with E-state index in [0.29, 0.717) is 0 Å². The van der Waals surface area contributed by atoms with Gasteiger partial charge in [-0.05, 0) is 32.0 Å². The van der Waals surface area contributed by atoms with Crippen LogP contribution in [-0.4, -0.2) is 18.2 Å². The number of benzene rings is 1. The Bertz CT molecular complexity index is 389. The molecule has 0 aromatic heterocycles. The standard InChI is InChI=1S/C12H14N2O/c13-9-12(5-7-14-8-6-12)10-3-1-2-4-11(10)15/h1-4,14-15H,5-8H2.